The fourth-order valence-electron chi connectivity index (χ4n) is 2.36. The maximum atomic E-state index is 12.4. The quantitative estimate of drug-likeness (QED) is 0.610. The molecule has 8 nitrogen and oxygen atoms in total. The SMILES string of the molecule is Cc1nc(C(=O)NCc2cccnc2)cnc1OCS(=O)(=O)c1cccc(Cl)c1. The van der Waals surface area contributed by atoms with Crippen molar-refractivity contribution in [2.24, 2.45) is 0 Å². The van der Waals surface area contributed by atoms with E-state index in [-0.39, 0.29) is 16.5 Å². The van der Waals surface area contributed by atoms with E-state index < -0.39 is 21.7 Å². The van der Waals surface area contributed by atoms with E-state index in [1.165, 1.54) is 18.3 Å². The molecule has 3 aromatic rings. The van der Waals surface area contributed by atoms with Gasteiger partial charge in [-0.1, -0.05) is 23.7 Å². The minimum atomic E-state index is -3.72. The van der Waals surface area contributed by atoms with Crippen LogP contribution in [0.1, 0.15) is 21.7 Å². The summed E-state index contributed by atoms with van der Waals surface area (Å²) in [4.78, 5) is 24.4. The van der Waals surface area contributed by atoms with Crippen LogP contribution in [0.5, 0.6) is 5.88 Å². The number of hydrogen-bond acceptors (Lipinski definition) is 7. The van der Waals surface area contributed by atoms with Gasteiger partial charge in [-0.25, -0.2) is 18.4 Å². The van der Waals surface area contributed by atoms with Crippen LogP contribution >= 0.6 is 11.6 Å². The number of carbonyl (C=O) groups is 1. The van der Waals surface area contributed by atoms with Crippen LogP contribution in [0.15, 0.2) is 59.9 Å². The van der Waals surface area contributed by atoms with Crippen LogP contribution in [0.2, 0.25) is 5.02 Å². The van der Waals surface area contributed by atoms with Gasteiger partial charge in [-0.05, 0) is 36.8 Å². The molecule has 10 heteroatoms. The lowest BCUT2D eigenvalue weighted by Gasteiger charge is -2.10. The predicted octanol–water partition coefficient (Wildman–Crippen LogP) is 2.57. The number of pyridine rings is 1. The molecule has 150 valence electrons. The largest absolute Gasteiger partial charge is 0.460 e. The molecule has 2 aromatic heterocycles. The van der Waals surface area contributed by atoms with Gasteiger partial charge in [-0.3, -0.25) is 9.78 Å². The minimum absolute atomic E-state index is 0.0272. The van der Waals surface area contributed by atoms with Crippen LogP contribution in [0, 0.1) is 6.92 Å². The molecule has 0 atom stereocenters. The summed E-state index contributed by atoms with van der Waals surface area (Å²) < 4.78 is 30.0. The zero-order valence-electron chi connectivity index (χ0n) is 15.4. The molecule has 3 rings (SSSR count). The van der Waals surface area contributed by atoms with Crippen molar-refractivity contribution >= 4 is 27.3 Å². The van der Waals surface area contributed by atoms with Crippen LogP contribution in [-0.4, -0.2) is 35.2 Å². The van der Waals surface area contributed by atoms with Crippen molar-refractivity contribution in [2.45, 2.75) is 18.4 Å². The zero-order chi connectivity index (χ0) is 20.9. The van der Waals surface area contributed by atoms with Crippen molar-refractivity contribution in [3.63, 3.8) is 0 Å². The number of ether oxygens (including phenoxy) is 1. The average Bonchev–Trinajstić information content (AvgIpc) is 2.72. The third kappa shape index (κ3) is 5.49. The van der Waals surface area contributed by atoms with E-state index in [4.69, 9.17) is 16.3 Å². The second kappa shape index (κ2) is 8.97. The topological polar surface area (TPSA) is 111 Å². The van der Waals surface area contributed by atoms with Gasteiger partial charge in [0.05, 0.1) is 11.1 Å². The maximum Gasteiger partial charge on any atom is 0.271 e. The highest BCUT2D eigenvalue weighted by Crippen LogP contribution is 2.19. The van der Waals surface area contributed by atoms with Crippen molar-refractivity contribution in [1.82, 2.24) is 20.3 Å². The predicted molar refractivity (Wildman–Crippen MR) is 106 cm³/mol. The molecule has 0 saturated heterocycles. The number of hydrogen-bond donors (Lipinski definition) is 1. The molecule has 0 radical (unpaired) electrons. The van der Waals surface area contributed by atoms with Gasteiger partial charge in [0.15, 0.2) is 5.94 Å². The van der Waals surface area contributed by atoms with Crippen molar-refractivity contribution in [3.05, 3.63) is 77.0 Å². The van der Waals surface area contributed by atoms with E-state index in [1.807, 2.05) is 6.07 Å². The number of nitrogens with one attached hydrogen (secondary N) is 1. The Kier molecular flexibility index (Phi) is 6.40. The highest BCUT2D eigenvalue weighted by atomic mass is 35.5. The van der Waals surface area contributed by atoms with E-state index in [0.29, 0.717) is 17.3 Å². The second-order valence-corrected chi connectivity index (χ2v) is 8.40. The highest BCUT2D eigenvalue weighted by Gasteiger charge is 2.18. The fraction of sp³-hybridized carbons (Fsp3) is 0.158. The summed E-state index contributed by atoms with van der Waals surface area (Å²) in [5, 5.41) is 3.02. The van der Waals surface area contributed by atoms with Gasteiger partial charge >= 0.3 is 0 Å². The molecule has 1 aromatic carbocycles. The molecule has 0 aliphatic carbocycles. The van der Waals surface area contributed by atoms with Crippen LogP contribution in [-0.2, 0) is 16.4 Å². The van der Waals surface area contributed by atoms with E-state index in [9.17, 15) is 13.2 Å². The number of nitrogens with zero attached hydrogens (tertiary/aromatic N) is 3. The lowest BCUT2D eigenvalue weighted by atomic mass is 10.3. The Hall–Kier alpha value is -3.04. The molecule has 0 aliphatic heterocycles. The molecule has 0 unspecified atom stereocenters. The van der Waals surface area contributed by atoms with Crippen molar-refractivity contribution in [2.75, 3.05) is 5.94 Å². The first-order valence-corrected chi connectivity index (χ1v) is 10.5. The zero-order valence-corrected chi connectivity index (χ0v) is 16.9. The van der Waals surface area contributed by atoms with Gasteiger partial charge in [0.2, 0.25) is 15.7 Å². The molecular weight excluding hydrogens is 416 g/mol. The monoisotopic (exact) mass is 432 g/mol. The number of sulfone groups is 1. The number of amides is 1. The summed E-state index contributed by atoms with van der Waals surface area (Å²) in [6.45, 7) is 1.87. The summed E-state index contributed by atoms with van der Waals surface area (Å²) >= 11 is 5.84. The normalized spacial score (nSPS) is 11.1. The third-order valence-electron chi connectivity index (χ3n) is 3.82. The summed E-state index contributed by atoms with van der Waals surface area (Å²) in [6.07, 6.45) is 4.52. The van der Waals surface area contributed by atoms with E-state index >= 15 is 0 Å². The van der Waals surface area contributed by atoms with Gasteiger partial charge < -0.3 is 10.1 Å². The van der Waals surface area contributed by atoms with Gasteiger partial charge in [0.1, 0.15) is 11.4 Å². The Morgan fingerprint density at radius 3 is 2.72 bits per heavy atom. The van der Waals surface area contributed by atoms with E-state index in [1.54, 1.807) is 37.5 Å². The minimum Gasteiger partial charge on any atom is -0.460 e. The molecule has 29 heavy (non-hydrogen) atoms. The van der Waals surface area contributed by atoms with E-state index in [2.05, 4.69) is 20.3 Å². The van der Waals surface area contributed by atoms with Gasteiger partial charge in [-0.15, -0.1) is 0 Å². The summed E-state index contributed by atoms with van der Waals surface area (Å²) in [5.74, 6) is -1.02. The number of aromatic nitrogens is 3. The van der Waals surface area contributed by atoms with Gasteiger partial charge in [-0.2, -0.15) is 0 Å². The van der Waals surface area contributed by atoms with Gasteiger partial charge in [0.25, 0.3) is 5.91 Å². The average molecular weight is 433 g/mol. The number of benzene rings is 1. The van der Waals surface area contributed by atoms with Crippen LogP contribution in [0.25, 0.3) is 0 Å². The van der Waals surface area contributed by atoms with Gasteiger partial charge in [0, 0.05) is 24.0 Å². The van der Waals surface area contributed by atoms with E-state index in [0.717, 1.165) is 5.56 Å². The molecule has 1 N–H and O–H groups in total. The van der Waals surface area contributed by atoms with Crippen molar-refractivity contribution in [1.29, 1.82) is 0 Å². The second-order valence-electron chi connectivity index (χ2n) is 6.02. The number of rotatable bonds is 7. The summed E-state index contributed by atoms with van der Waals surface area (Å²) in [7, 11) is -3.72. The van der Waals surface area contributed by atoms with Crippen molar-refractivity contribution in [3.8, 4) is 5.88 Å². The molecule has 0 aliphatic rings. The molecule has 0 saturated carbocycles. The Morgan fingerprint density at radius 1 is 1.21 bits per heavy atom. The molecule has 1 amide bonds. The Labute approximate surface area is 172 Å². The smallest absolute Gasteiger partial charge is 0.271 e. The molecule has 0 bridgehead atoms. The molecule has 0 spiro atoms. The van der Waals surface area contributed by atoms with Crippen LogP contribution < -0.4 is 10.1 Å². The van der Waals surface area contributed by atoms with Crippen molar-refractivity contribution < 1.29 is 17.9 Å². The third-order valence-corrected chi connectivity index (χ3v) is 5.45. The fourth-order valence-corrected chi connectivity index (χ4v) is 3.61. The lowest BCUT2D eigenvalue weighted by Crippen LogP contribution is -2.24. The standard InChI is InChI=1S/C19H17ClN4O4S/c1-13-19(28-12-29(26,27)16-6-2-5-15(20)8-16)23-11-17(24-13)18(25)22-10-14-4-3-7-21-9-14/h2-9,11H,10,12H2,1H3,(H,22,25). The number of aryl methyl sites for hydroxylation is 1. The Bertz CT molecular complexity index is 1120. The van der Waals surface area contributed by atoms with Crippen LogP contribution in [0.4, 0.5) is 0 Å². The highest BCUT2D eigenvalue weighted by molar-refractivity contribution is 7.91. The first-order valence-electron chi connectivity index (χ1n) is 8.47. The summed E-state index contributed by atoms with van der Waals surface area (Å²) in [6, 6.07) is 9.50. The Balaban J connectivity index is 1.64. The number of halogens is 1. The number of carbonyl (C=O) groups excluding carboxylic acids is 1. The maximum absolute atomic E-state index is 12.4. The first-order chi connectivity index (χ1) is 13.8. The molecular formula is C19H17ClN4O4S. The van der Waals surface area contributed by atoms with Crippen LogP contribution in [0.3, 0.4) is 0 Å². The first kappa shape index (κ1) is 20.7. The summed E-state index contributed by atoms with van der Waals surface area (Å²) in [5.41, 5.74) is 1.23. The lowest BCUT2D eigenvalue weighted by molar-refractivity contribution is 0.0945. The molecule has 0 fully saturated rings. The molecule has 2 heterocycles. The Morgan fingerprint density at radius 2 is 2.03 bits per heavy atom.